The molecule has 0 saturated carbocycles. The van der Waals surface area contributed by atoms with Gasteiger partial charge in [0.2, 0.25) is 4.74 Å². The van der Waals surface area contributed by atoms with Crippen LogP contribution in [0.3, 0.4) is 0 Å². The predicted octanol–water partition coefficient (Wildman–Crippen LogP) is 3.09. The topological polar surface area (TPSA) is 74.0 Å². The molecule has 1 aromatic carbocycles. The van der Waals surface area contributed by atoms with Gasteiger partial charge in [0, 0.05) is 55.7 Å². The number of aliphatic hydroxyl groups excluding tert-OH is 1. The summed E-state index contributed by atoms with van der Waals surface area (Å²) in [5, 5.41) is 10.9. The van der Waals surface area contributed by atoms with Crippen molar-refractivity contribution in [3.8, 4) is 10.6 Å². The van der Waals surface area contributed by atoms with Crippen LogP contribution < -0.4 is 9.64 Å². The summed E-state index contributed by atoms with van der Waals surface area (Å²) in [6, 6.07) is 8.59. The Hall–Kier alpha value is -2.81. The number of imidazole rings is 1. The van der Waals surface area contributed by atoms with Crippen LogP contribution in [0.2, 0.25) is 0 Å². The molecule has 166 valence electrons. The van der Waals surface area contributed by atoms with E-state index in [1.807, 2.05) is 42.8 Å². The lowest BCUT2D eigenvalue weighted by atomic mass is 10.1. The zero-order valence-corrected chi connectivity index (χ0v) is 19.4. The molecule has 0 amide bonds. The molecule has 1 saturated heterocycles. The first-order valence-corrected chi connectivity index (χ1v) is 11.8. The lowest BCUT2D eigenvalue weighted by molar-refractivity contribution is 0.146. The second-order valence-electron chi connectivity index (χ2n) is 8.55. The standard InChI is InChI=1S/C24H27N5O2S/c1-15-12-29-14-21(26-23(29)17(3)25-15)22-10-18-4-5-19(11-20(18)24(31)32-22)28-7-6-27(8-9-30)16(2)13-28/h4-5,10-12,14,16,30H,6-9,13H2,1-3H3. The lowest BCUT2D eigenvalue weighted by Gasteiger charge is -2.40. The monoisotopic (exact) mass is 449 g/mol. The fourth-order valence-corrected chi connectivity index (χ4v) is 5.48. The van der Waals surface area contributed by atoms with Gasteiger partial charge in [-0.1, -0.05) is 17.4 Å². The van der Waals surface area contributed by atoms with Gasteiger partial charge in [-0.2, -0.15) is 0 Å². The minimum atomic E-state index is 0.0504. The van der Waals surface area contributed by atoms with Crippen molar-refractivity contribution in [2.45, 2.75) is 26.8 Å². The Morgan fingerprint density at radius 3 is 2.78 bits per heavy atom. The summed E-state index contributed by atoms with van der Waals surface area (Å²) in [4.78, 5) is 27.8. The van der Waals surface area contributed by atoms with Crippen molar-refractivity contribution in [2.24, 2.45) is 0 Å². The van der Waals surface area contributed by atoms with E-state index in [4.69, 9.17) is 4.98 Å². The van der Waals surface area contributed by atoms with E-state index in [0.29, 0.717) is 12.6 Å². The number of aromatic nitrogens is 3. The summed E-state index contributed by atoms with van der Waals surface area (Å²) in [5.74, 6) is 0. The molecule has 1 aliphatic heterocycles. The summed E-state index contributed by atoms with van der Waals surface area (Å²) < 4.78 is 2.03. The smallest absolute Gasteiger partial charge is 0.240 e. The lowest BCUT2D eigenvalue weighted by Crippen LogP contribution is -2.52. The Morgan fingerprint density at radius 1 is 1.16 bits per heavy atom. The highest BCUT2D eigenvalue weighted by molar-refractivity contribution is 7.13. The molecule has 8 heteroatoms. The molecule has 7 nitrogen and oxygen atoms in total. The van der Waals surface area contributed by atoms with Crippen molar-refractivity contribution in [1.29, 1.82) is 0 Å². The van der Waals surface area contributed by atoms with Gasteiger partial charge in [-0.3, -0.25) is 14.7 Å². The number of anilines is 1. The molecule has 0 bridgehead atoms. The SMILES string of the molecule is Cc1cn2cc(-c3cc4ccc(N5CCN(CCO)C(C)C5)cc4c(=O)s3)nc2c(C)n1. The van der Waals surface area contributed by atoms with Gasteiger partial charge in [-0.15, -0.1) is 0 Å². The first-order valence-electron chi connectivity index (χ1n) is 10.9. The molecule has 4 aromatic rings. The van der Waals surface area contributed by atoms with Crippen molar-refractivity contribution in [3.63, 3.8) is 0 Å². The van der Waals surface area contributed by atoms with Crippen LogP contribution in [0, 0.1) is 13.8 Å². The van der Waals surface area contributed by atoms with Crippen LogP contribution in [0.15, 0.2) is 41.5 Å². The third-order valence-corrected chi connectivity index (χ3v) is 7.19. The Balaban J connectivity index is 1.48. The van der Waals surface area contributed by atoms with Gasteiger partial charge in [-0.05, 0) is 44.4 Å². The molecule has 32 heavy (non-hydrogen) atoms. The number of fused-ring (bicyclic) bond motifs is 2. The number of hydrogen-bond donors (Lipinski definition) is 1. The number of β-amino-alcohol motifs (C(OH)–C–C–N with tert-alkyl or cyclic N) is 1. The highest BCUT2D eigenvalue weighted by Gasteiger charge is 2.23. The molecule has 1 N–H and O–H groups in total. The fraction of sp³-hybridized carbons (Fsp3) is 0.375. The summed E-state index contributed by atoms with van der Waals surface area (Å²) in [7, 11) is 0. The van der Waals surface area contributed by atoms with E-state index >= 15 is 0 Å². The second kappa shape index (κ2) is 8.27. The Labute approximate surface area is 190 Å². The summed E-state index contributed by atoms with van der Waals surface area (Å²) in [6.45, 7) is 9.68. The average Bonchev–Trinajstić information content (AvgIpc) is 3.19. The van der Waals surface area contributed by atoms with Gasteiger partial charge >= 0.3 is 0 Å². The van der Waals surface area contributed by atoms with Crippen molar-refractivity contribution in [2.75, 3.05) is 37.7 Å². The maximum atomic E-state index is 13.1. The summed E-state index contributed by atoms with van der Waals surface area (Å²) >= 11 is 1.24. The number of rotatable bonds is 4. The fourth-order valence-electron chi connectivity index (χ4n) is 4.61. The van der Waals surface area contributed by atoms with E-state index in [-0.39, 0.29) is 11.3 Å². The molecule has 5 rings (SSSR count). The Bertz CT molecular complexity index is 1360. The van der Waals surface area contributed by atoms with Gasteiger partial charge in [-0.25, -0.2) is 4.98 Å². The Kier molecular flexibility index (Phi) is 5.44. The first-order chi connectivity index (χ1) is 15.4. The zero-order chi connectivity index (χ0) is 22.4. The van der Waals surface area contributed by atoms with Crippen LogP contribution in [0.5, 0.6) is 0 Å². The normalized spacial score (nSPS) is 17.5. The van der Waals surface area contributed by atoms with Crippen LogP contribution in [0.25, 0.3) is 27.0 Å². The molecule has 0 radical (unpaired) electrons. The molecule has 4 heterocycles. The van der Waals surface area contributed by atoms with E-state index in [9.17, 15) is 9.90 Å². The van der Waals surface area contributed by atoms with Crippen molar-refractivity contribution >= 4 is 33.4 Å². The number of aryl methyl sites for hydroxylation is 2. The molecule has 0 aliphatic carbocycles. The summed E-state index contributed by atoms with van der Waals surface area (Å²) in [5.41, 5.74) is 4.50. The molecule has 0 spiro atoms. The van der Waals surface area contributed by atoms with Gasteiger partial charge in [0.1, 0.15) is 0 Å². The number of aliphatic hydroxyl groups is 1. The predicted molar refractivity (Wildman–Crippen MR) is 130 cm³/mol. The van der Waals surface area contributed by atoms with Crippen molar-refractivity contribution < 1.29 is 5.11 Å². The molecular formula is C24H27N5O2S. The van der Waals surface area contributed by atoms with Gasteiger partial charge in [0.15, 0.2) is 5.65 Å². The van der Waals surface area contributed by atoms with E-state index in [1.54, 1.807) is 0 Å². The maximum Gasteiger partial charge on any atom is 0.240 e. The van der Waals surface area contributed by atoms with Crippen molar-refractivity contribution in [3.05, 3.63) is 57.6 Å². The summed E-state index contributed by atoms with van der Waals surface area (Å²) in [6.07, 6.45) is 3.92. The van der Waals surface area contributed by atoms with E-state index in [2.05, 4.69) is 33.8 Å². The number of piperazine rings is 1. The van der Waals surface area contributed by atoms with Crippen molar-refractivity contribution in [1.82, 2.24) is 19.3 Å². The largest absolute Gasteiger partial charge is 0.395 e. The van der Waals surface area contributed by atoms with Crippen LogP contribution >= 0.6 is 11.3 Å². The second-order valence-corrected chi connectivity index (χ2v) is 9.56. The number of benzene rings is 1. The highest BCUT2D eigenvalue weighted by Crippen LogP contribution is 2.29. The third kappa shape index (κ3) is 3.79. The zero-order valence-electron chi connectivity index (χ0n) is 18.6. The molecule has 3 aromatic heterocycles. The van der Waals surface area contributed by atoms with Crippen LogP contribution in [-0.2, 0) is 0 Å². The third-order valence-electron chi connectivity index (χ3n) is 6.24. The number of hydrogen-bond acceptors (Lipinski definition) is 7. The first kappa shape index (κ1) is 21.1. The van der Waals surface area contributed by atoms with Gasteiger partial charge in [0.25, 0.3) is 0 Å². The van der Waals surface area contributed by atoms with Crippen LogP contribution in [-0.4, -0.2) is 63.2 Å². The van der Waals surface area contributed by atoms with Gasteiger partial charge in [0.05, 0.1) is 28.6 Å². The molecule has 1 atom stereocenters. The van der Waals surface area contributed by atoms with E-state index in [1.165, 1.54) is 11.3 Å². The van der Waals surface area contributed by atoms with E-state index in [0.717, 1.165) is 63.7 Å². The molecule has 1 aliphatic rings. The highest BCUT2D eigenvalue weighted by atomic mass is 32.1. The molecule has 1 fully saturated rings. The molecule has 1 unspecified atom stereocenters. The Morgan fingerprint density at radius 2 is 2.00 bits per heavy atom. The van der Waals surface area contributed by atoms with Crippen LogP contribution in [0.4, 0.5) is 5.69 Å². The number of nitrogens with zero attached hydrogens (tertiary/aromatic N) is 5. The quantitative estimate of drug-likeness (QED) is 0.516. The van der Waals surface area contributed by atoms with E-state index < -0.39 is 0 Å². The van der Waals surface area contributed by atoms with Gasteiger partial charge < -0.3 is 14.4 Å². The minimum Gasteiger partial charge on any atom is -0.395 e. The molecular weight excluding hydrogens is 422 g/mol. The maximum absolute atomic E-state index is 13.1. The van der Waals surface area contributed by atoms with Crippen LogP contribution in [0.1, 0.15) is 18.3 Å². The average molecular weight is 450 g/mol. The minimum absolute atomic E-state index is 0.0504.